The van der Waals surface area contributed by atoms with Gasteiger partial charge in [-0.2, -0.15) is 0 Å². The van der Waals surface area contributed by atoms with Gasteiger partial charge < -0.3 is 15.0 Å². The van der Waals surface area contributed by atoms with Crippen LogP contribution in [0.3, 0.4) is 0 Å². The van der Waals surface area contributed by atoms with Gasteiger partial charge in [0.25, 0.3) is 0 Å². The van der Waals surface area contributed by atoms with Crippen molar-refractivity contribution in [3.05, 3.63) is 29.8 Å². The Hall–Kier alpha value is -0.480. The Morgan fingerprint density at radius 3 is 2.14 bits per heavy atom. The van der Waals surface area contributed by atoms with Gasteiger partial charge in [-0.05, 0) is 57.2 Å². The first-order valence-electron chi connectivity index (χ1n) is 7.44. The lowest BCUT2D eigenvalue weighted by Gasteiger charge is -2.17. The van der Waals surface area contributed by atoms with E-state index in [9.17, 15) is 0 Å². The summed E-state index contributed by atoms with van der Waals surface area (Å²) in [7, 11) is 0. The number of nitrogens with zero attached hydrogens (tertiary/aromatic N) is 1. The number of ether oxygens (including phenoxy) is 1. The van der Waals surface area contributed by atoms with E-state index in [2.05, 4.69) is 36.2 Å². The highest BCUT2D eigenvalue weighted by atomic mass is 35.5. The summed E-state index contributed by atoms with van der Waals surface area (Å²) in [6, 6.07) is 8.33. The first-order chi connectivity index (χ1) is 9.30. The summed E-state index contributed by atoms with van der Waals surface area (Å²) in [4.78, 5) is 2.46. The number of rotatable bonds is 10. The van der Waals surface area contributed by atoms with Crippen LogP contribution in [0.4, 0.5) is 0 Å². The Labute approximate surface area is 142 Å². The summed E-state index contributed by atoms with van der Waals surface area (Å²) in [6.45, 7) is 12.7. The zero-order valence-corrected chi connectivity index (χ0v) is 15.1. The van der Waals surface area contributed by atoms with Gasteiger partial charge >= 0.3 is 0 Å². The van der Waals surface area contributed by atoms with Crippen molar-refractivity contribution < 1.29 is 4.74 Å². The van der Waals surface area contributed by atoms with Crippen molar-refractivity contribution in [2.45, 2.75) is 33.7 Å². The number of halogens is 2. The molecule has 0 spiro atoms. The van der Waals surface area contributed by atoms with Gasteiger partial charge in [-0.3, -0.25) is 0 Å². The number of hydrogen-bond donors (Lipinski definition) is 1. The first-order valence-corrected chi connectivity index (χ1v) is 7.44. The van der Waals surface area contributed by atoms with Crippen LogP contribution in [-0.2, 0) is 6.54 Å². The van der Waals surface area contributed by atoms with Crippen molar-refractivity contribution in [2.24, 2.45) is 0 Å². The van der Waals surface area contributed by atoms with Gasteiger partial charge in [0.2, 0.25) is 0 Å². The number of benzene rings is 1. The standard InChI is InChI=1S/C16H28N2O.2ClH/c1-4-18(5-2)13-7-12-17-14-15-8-10-16(11-9-15)19-6-3;;/h8-11,17H,4-7,12-14H2,1-3H3;2*1H. The first kappa shape index (κ1) is 22.8. The van der Waals surface area contributed by atoms with Crippen LogP contribution in [-0.4, -0.2) is 37.7 Å². The predicted molar refractivity (Wildman–Crippen MR) is 96.2 cm³/mol. The zero-order valence-electron chi connectivity index (χ0n) is 13.4. The Kier molecular flexibility index (Phi) is 15.7. The second-order valence-corrected chi connectivity index (χ2v) is 4.63. The fourth-order valence-corrected chi connectivity index (χ4v) is 2.07. The zero-order chi connectivity index (χ0) is 13.9. The minimum Gasteiger partial charge on any atom is -0.494 e. The molecule has 1 N–H and O–H groups in total. The lowest BCUT2D eigenvalue weighted by Crippen LogP contribution is -2.27. The van der Waals surface area contributed by atoms with Crippen molar-refractivity contribution in [3.8, 4) is 5.75 Å². The van der Waals surface area contributed by atoms with Gasteiger partial charge in [-0.25, -0.2) is 0 Å². The largest absolute Gasteiger partial charge is 0.494 e. The van der Waals surface area contributed by atoms with E-state index in [1.165, 1.54) is 18.5 Å². The molecule has 0 saturated heterocycles. The van der Waals surface area contributed by atoms with Crippen LogP contribution in [0.15, 0.2) is 24.3 Å². The van der Waals surface area contributed by atoms with Crippen molar-refractivity contribution >= 4 is 24.8 Å². The third-order valence-corrected chi connectivity index (χ3v) is 3.29. The van der Waals surface area contributed by atoms with Crippen LogP contribution in [0.2, 0.25) is 0 Å². The van der Waals surface area contributed by atoms with Gasteiger partial charge in [-0.15, -0.1) is 24.8 Å². The second-order valence-electron chi connectivity index (χ2n) is 4.63. The van der Waals surface area contributed by atoms with Crippen molar-refractivity contribution in [2.75, 3.05) is 32.8 Å². The summed E-state index contributed by atoms with van der Waals surface area (Å²) in [5, 5.41) is 3.49. The summed E-state index contributed by atoms with van der Waals surface area (Å²) in [5.74, 6) is 0.952. The van der Waals surface area contributed by atoms with Crippen molar-refractivity contribution in [1.29, 1.82) is 0 Å². The Morgan fingerprint density at radius 2 is 1.62 bits per heavy atom. The van der Waals surface area contributed by atoms with Gasteiger partial charge in [-0.1, -0.05) is 26.0 Å². The highest BCUT2D eigenvalue weighted by Crippen LogP contribution is 2.11. The molecule has 0 heterocycles. The third kappa shape index (κ3) is 9.97. The monoisotopic (exact) mass is 336 g/mol. The van der Waals surface area contributed by atoms with E-state index in [-0.39, 0.29) is 24.8 Å². The lowest BCUT2D eigenvalue weighted by atomic mass is 10.2. The maximum Gasteiger partial charge on any atom is 0.119 e. The molecule has 0 fully saturated rings. The molecule has 3 nitrogen and oxygen atoms in total. The minimum atomic E-state index is 0. The van der Waals surface area contributed by atoms with Crippen LogP contribution < -0.4 is 10.1 Å². The summed E-state index contributed by atoms with van der Waals surface area (Å²) < 4.78 is 5.43. The Balaban J connectivity index is 0. The maximum atomic E-state index is 5.43. The molecule has 5 heteroatoms. The number of hydrogen-bond acceptors (Lipinski definition) is 3. The minimum absolute atomic E-state index is 0. The molecular weight excluding hydrogens is 307 g/mol. The highest BCUT2D eigenvalue weighted by Gasteiger charge is 1.98. The van der Waals surface area contributed by atoms with Crippen LogP contribution >= 0.6 is 24.8 Å². The fourth-order valence-electron chi connectivity index (χ4n) is 2.07. The molecular formula is C16H30Cl2N2O. The fraction of sp³-hybridized carbons (Fsp3) is 0.625. The van der Waals surface area contributed by atoms with E-state index in [0.29, 0.717) is 0 Å². The van der Waals surface area contributed by atoms with E-state index in [1.807, 2.05) is 19.1 Å². The molecule has 0 saturated carbocycles. The average molecular weight is 337 g/mol. The van der Waals surface area contributed by atoms with Crippen molar-refractivity contribution in [3.63, 3.8) is 0 Å². The van der Waals surface area contributed by atoms with E-state index >= 15 is 0 Å². The van der Waals surface area contributed by atoms with Gasteiger partial charge in [0, 0.05) is 6.54 Å². The van der Waals surface area contributed by atoms with Crippen LogP contribution in [0.5, 0.6) is 5.75 Å². The molecule has 0 amide bonds. The highest BCUT2D eigenvalue weighted by molar-refractivity contribution is 5.85. The van der Waals surface area contributed by atoms with Gasteiger partial charge in [0.1, 0.15) is 5.75 Å². The molecule has 0 aromatic heterocycles. The molecule has 0 bridgehead atoms. The van der Waals surface area contributed by atoms with Gasteiger partial charge in [0.05, 0.1) is 6.61 Å². The van der Waals surface area contributed by atoms with Crippen LogP contribution in [0, 0.1) is 0 Å². The number of nitrogens with one attached hydrogen (secondary N) is 1. The molecule has 21 heavy (non-hydrogen) atoms. The lowest BCUT2D eigenvalue weighted by molar-refractivity contribution is 0.298. The predicted octanol–water partition coefficient (Wildman–Crippen LogP) is 3.75. The Morgan fingerprint density at radius 1 is 1.00 bits per heavy atom. The third-order valence-electron chi connectivity index (χ3n) is 3.29. The summed E-state index contributed by atoms with van der Waals surface area (Å²) >= 11 is 0. The molecule has 0 aliphatic carbocycles. The van der Waals surface area contributed by atoms with E-state index in [4.69, 9.17) is 4.74 Å². The summed E-state index contributed by atoms with van der Waals surface area (Å²) in [5.41, 5.74) is 1.31. The molecule has 1 aromatic rings. The van der Waals surface area contributed by atoms with Gasteiger partial charge in [0.15, 0.2) is 0 Å². The van der Waals surface area contributed by atoms with E-state index < -0.39 is 0 Å². The molecule has 1 rings (SSSR count). The molecule has 124 valence electrons. The Bertz CT molecular complexity index is 330. The molecule has 0 aliphatic rings. The molecule has 0 atom stereocenters. The van der Waals surface area contributed by atoms with Crippen molar-refractivity contribution in [1.82, 2.24) is 10.2 Å². The van der Waals surface area contributed by atoms with E-state index in [0.717, 1.165) is 38.5 Å². The van der Waals surface area contributed by atoms with Crippen LogP contribution in [0.1, 0.15) is 32.8 Å². The molecule has 0 unspecified atom stereocenters. The van der Waals surface area contributed by atoms with Crippen LogP contribution in [0.25, 0.3) is 0 Å². The molecule has 1 aromatic carbocycles. The molecule has 0 aliphatic heterocycles. The smallest absolute Gasteiger partial charge is 0.119 e. The average Bonchev–Trinajstić information content (AvgIpc) is 2.45. The summed E-state index contributed by atoms with van der Waals surface area (Å²) in [6.07, 6.45) is 1.21. The normalized spacial score (nSPS) is 9.90. The SMILES string of the molecule is CCOc1ccc(CNCCCN(CC)CC)cc1.Cl.Cl. The quantitative estimate of drug-likeness (QED) is 0.658. The molecule has 0 radical (unpaired) electrons. The van der Waals surface area contributed by atoms with E-state index in [1.54, 1.807) is 0 Å². The second kappa shape index (κ2) is 14.5. The topological polar surface area (TPSA) is 24.5 Å². The maximum absolute atomic E-state index is 5.43.